The number of carbonyl (C=O) groups excluding carboxylic acids is 1. The Labute approximate surface area is 131 Å². The number of fused-ring (bicyclic) bond motifs is 1. The predicted octanol–water partition coefficient (Wildman–Crippen LogP) is 1.82. The van der Waals surface area contributed by atoms with Crippen LogP contribution < -0.4 is 9.67 Å². The van der Waals surface area contributed by atoms with Crippen LogP contribution in [-0.2, 0) is 6.54 Å². The second-order valence-corrected chi connectivity index (χ2v) is 6.22. The zero-order valence-electron chi connectivity index (χ0n) is 11.7. The molecular formula is C14H14ClN3O2S. The second-order valence-electron chi connectivity index (χ2n) is 4.85. The van der Waals surface area contributed by atoms with Crippen LogP contribution in [0.25, 0.3) is 0 Å². The lowest BCUT2D eigenvalue weighted by Crippen LogP contribution is -2.36. The quantitative estimate of drug-likeness (QED) is 0.491. The molecule has 0 amide bonds. The number of hydrogen-bond acceptors (Lipinski definition) is 4. The lowest BCUT2D eigenvalue weighted by atomic mass is 10.1. The van der Waals surface area contributed by atoms with Crippen LogP contribution in [0.1, 0.15) is 35.9 Å². The van der Waals surface area contributed by atoms with Crippen molar-refractivity contribution in [1.82, 2.24) is 9.55 Å². The van der Waals surface area contributed by atoms with E-state index in [1.165, 1.54) is 6.92 Å². The minimum Gasteiger partial charge on any atom is -0.839 e. The summed E-state index contributed by atoms with van der Waals surface area (Å²) in [6, 6.07) is 3.55. The van der Waals surface area contributed by atoms with Crippen molar-refractivity contribution < 1.29 is 14.5 Å². The molecule has 2 aromatic heterocycles. The van der Waals surface area contributed by atoms with Gasteiger partial charge in [0.1, 0.15) is 17.1 Å². The van der Waals surface area contributed by atoms with Crippen LogP contribution in [0.4, 0.5) is 0 Å². The number of thioether (sulfide) groups is 1. The molecular weight excluding hydrogens is 310 g/mol. The number of pyridine rings is 1. The van der Waals surface area contributed by atoms with Gasteiger partial charge in [0.15, 0.2) is 0 Å². The number of hydrogen-bond donors (Lipinski definition) is 0. The van der Waals surface area contributed by atoms with E-state index in [4.69, 9.17) is 11.6 Å². The van der Waals surface area contributed by atoms with E-state index in [2.05, 4.69) is 4.98 Å². The van der Waals surface area contributed by atoms with E-state index in [1.807, 2.05) is 17.6 Å². The van der Waals surface area contributed by atoms with Crippen LogP contribution in [0.15, 0.2) is 23.5 Å². The van der Waals surface area contributed by atoms with Crippen molar-refractivity contribution in [3.05, 3.63) is 34.7 Å². The van der Waals surface area contributed by atoms with Gasteiger partial charge in [-0.25, -0.2) is 14.1 Å². The van der Waals surface area contributed by atoms with E-state index in [0.29, 0.717) is 11.7 Å². The summed E-state index contributed by atoms with van der Waals surface area (Å²) >= 11 is 7.41. The molecule has 2 aromatic rings. The van der Waals surface area contributed by atoms with Crippen molar-refractivity contribution in [2.45, 2.75) is 31.6 Å². The lowest BCUT2D eigenvalue weighted by Gasteiger charge is -2.10. The van der Waals surface area contributed by atoms with Crippen LogP contribution in [0.5, 0.6) is 5.88 Å². The topological polar surface area (TPSA) is 61.8 Å². The molecule has 1 aliphatic rings. The number of nitrogens with zero attached hydrogens (tertiary/aromatic N) is 3. The van der Waals surface area contributed by atoms with Gasteiger partial charge in [0.2, 0.25) is 11.5 Å². The number of ketones is 1. The van der Waals surface area contributed by atoms with E-state index in [-0.39, 0.29) is 23.4 Å². The minimum atomic E-state index is -0.209. The number of carbonyl (C=O) groups is 1. The van der Waals surface area contributed by atoms with Gasteiger partial charge in [-0.15, -0.1) is 0 Å². The van der Waals surface area contributed by atoms with Crippen LogP contribution in [-0.4, -0.2) is 21.1 Å². The Morgan fingerprint density at radius 3 is 2.95 bits per heavy atom. The van der Waals surface area contributed by atoms with Gasteiger partial charge in [-0.3, -0.25) is 4.79 Å². The highest BCUT2D eigenvalue weighted by Gasteiger charge is 2.39. The molecule has 3 rings (SSSR count). The molecule has 1 aliphatic heterocycles. The summed E-state index contributed by atoms with van der Waals surface area (Å²) in [6.07, 6.45) is 1.70. The Morgan fingerprint density at radius 1 is 1.62 bits per heavy atom. The summed E-state index contributed by atoms with van der Waals surface area (Å²) in [7, 11) is 0. The molecule has 1 unspecified atom stereocenters. The molecule has 0 aromatic carbocycles. The molecule has 1 atom stereocenters. The number of rotatable bonds is 3. The molecule has 7 heteroatoms. The van der Waals surface area contributed by atoms with Crippen LogP contribution in [0.2, 0.25) is 5.15 Å². The first-order valence-corrected chi connectivity index (χ1v) is 8.01. The normalized spacial score (nSPS) is 17.0. The zero-order chi connectivity index (χ0) is 15.1. The SMILES string of the molecule is CC[n+]1c([O-])c(C(C)=O)n2c1SCC2c1ccc(Cl)nc1. The maximum Gasteiger partial charge on any atom is 0.318 e. The van der Waals surface area contributed by atoms with Crippen molar-refractivity contribution in [1.29, 1.82) is 0 Å². The summed E-state index contributed by atoms with van der Waals surface area (Å²) in [6.45, 7) is 3.90. The first-order chi connectivity index (χ1) is 10.0. The molecule has 0 fully saturated rings. The van der Waals surface area contributed by atoms with E-state index in [1.54, 1.807) is 28.6 Å². The minimum absolute atomic E-state index is 0.0610. The van der Waals surface area contributed by atoms with Gasteiger partial charge in [-0.05, 0) is 24.8 Å². The lowest BCUT2D eigenvalue weighted by molar-refractivity contribution is -0.763. The third kappa shape index (κ3) is 2.22. The first-order valence-electron chi connectivity index (χ1n) is 6.64. The average molecular weight is 324 g/mol. The average Bonchev–Trinajstić information content (AvgIpc) is 2.96. The van der Waals surface area contributed by atoms with Crippen molar-refractivity contribution >= 4 is 29.1 Å². The standard InChI is InChI=1S/C14H14ClN3O2S/c1-3-17-13(20)12(8(2)19)18-10(7-21-14(17)18)9-4-5-11(15)16-6-9/h4-6,10H,3,7H2,1-2H3. The van der Waals surface area contributed by atoms with Crippen molar-refractivity contribution in [2.75, 3.05) is 5.75 Å². The number of halogens is 1. The molecule has 5 nitrogen and oxygen atoms in total. The van der Waals surface area contributed by atoms with Gasteiger partial charge in [-0.2, -0.15) is 0 Å². The maximum absolute atomic E-state index is 12.4. The van der Waals surface area contributed by atoms with Crippen LogP contribution >= 0.6 is 23.4 Å². The van der Waals surface area contributed by atoms with Crippen molar-refractivity contribution in [2.24, 2.45) is 0 Å². The van der Waals surface area contributed by atoms with Gasteiger partial charge < -0.3 is 5.11 Å². The summed E-state index contributed by atoms with van der Waals surface area (Å²) in [4.78, 5) is 16.0. The summed E-state index contributed by atoms with van der Waals surface area (Å²) in [5.74, 6) is 0.362. The molecule has 21 heavy (non-hydrogen) atoms. The van der Waals surface area contributed by atoms with E-state index >= 15 is 0 Å². The Bertz CT molecular complexity index is 712. The van der Waals surface area contributed by atoms with Crippen LogP contribution in [0.3, 0.4) is 0 Å². The molecule has 3 heterocycles. The fraction of sp³-hybridized carbons (Fsp3) is 0.357. The van der Waals surface area contributed by atoms with Gasteiger partial charge in [0.25, 0.3) is 0 Å². The summed E-state index contributed by atoms with van der Waals surface area (Å²) in [5.41, 5.74) is 1.20. The fourth-order valence-corrected chi connectivity index (χ4v) is 4.12. The molecule has 0 saturated heterocycles. The van der Waals surface area contributed by atoms with Crippen LogP contribution in [0, 0.1) is 0 Å². The molecule has 0 spiro atoms. The van der Waals surface area contributed by atoms with Crippen molar-refractivity contribution in [3.8, 4) is 5.88 Å². The highest BCUT2D eigenvalue weighted by molar-refractivity contribution is 7.99. The van der Waals surface area contributed by atoms with Gasteiger partial charge >= 0.3 is 5.16 Å². The molecule has 0 radical (unpaired) electrons. The molecule has 110 valence electrons. The van der Waals surface area contributed by atoms with Crippen molar-refractivity contribution in [3.63, 3.8) is 0 Å². The number of aromatic nitrogens is 3. The smallest absolute Gasteiger partial charge is 0.318 e. The fourth-order valence-electron chi connectivity index (χ4n) is 2.64. The third-order valence-electron chi connectivity index (χ3n) is 3.59. The molecule has 0 aliphatic carbocycles. The van der Waals surface area contributed by atoms with Gasteiger partial charge in [0, 0.05) is 18.7 Å². The number of imidazole rings is 1. The second kappa shape index (κ2) is 5.35. The van der Waals surface area contributed by atoms with E-state index in [9.17, 15) is 9.90 Å². The molecule has 0 N–H and O–H groups in total. The predicted molar refractivity (Wildman–Crippen MR) is 77.9 cm³/mol. The Morgan fingerprint density at radius 2 is 2.38 bits per heavy atom. The monoisotopic (exact) mass is 323 g/mol. The Kier molecular flexibility index (Phi) is 3.67. The highest BCUT2D eigenvalue weighted by atomic mass is 35.5. The first kappa shape index (κ1) is 14.4. The maximum atomic E-state index is 12.4. The molecule has 0 saturated carbocycles. The third-order valence-corrected chi connectivity index (χ3v) is 4.97. The summed E-state index contributed by atoms with van der Waals surface area (Å²) in [5, 5.41) is 13.6. The van der Waals surface area contributed by atoms with E-state index < -0.39 is 0 Å². The van der Waals surface area contributed by atoms with E-state index in [0.717, 1.165) is 16.5 Å². The highest BCUT2D eigenvalue weighted by Crippen LogP contribution is 2.39. The largest absolute Gasteiger partial charge is 0.839 e. The number of Topliss-reactive ketones (excluding diaryl/α,β-unsaturated/α-hetero) is 1. The Balaban J connectivity index is 2.17. The van der Waals surface area contributed by atoms with Gasteiger partial charge in [0.05, 0.1) is 12.3 Å². The van der Waals surface area contributed by atoms with Gasteiger partial charge in [-0.1, -0.05) is 17.7 Å². The Hall–Kier alpha value is -1.53. The molecule has 0 bridgehead atoms. The summed E-state index contributed by atoms with van der Waals surface area (Å²) < 4.78 is 3.51. The zero-order valence-corrected chi connectivity index (χ0v) is 13.2.